The van der Waals surface area contributed by atoms with Crippen molar-refractivity contribution in [3.05, 3.63) is 29.6 Å². The van der Waals surface area contributed by atoms with Gasteiger partial charge in [0.1, 0.15) is 5.82 Å². The number of rotatable bonds is 12. The lowest BCUT2D eigenvalue weighted by atomic mass is 9.94. The van der Waals surface area contributed by atoms with Crippen LogP contribution in [-0.4, -0.2) is 51.5 Å². The molecule has 1 atom stereocenters. The molecule has 166 valence electrons. The van der Waals surface area contributed by atoms with Crippen LogP contribution in [0.4, 0.5) is 10.1 Å². The molecule has 4 N–H and O–H groups in total. The predicted octanol–water partition coefficient (Wildman–Crippen LogP) is 2.48. The average molecular weight is 431 g/mol. The van der Waals surface area contributed by atoms with Gasteiger partial charge in [-0.25, -0.2) is 12.8 Å². The van der Waals surface area contributed by atoms with Crippen LogP contribution >= 0.6 is 0 Å². The van der Waals surface area contributed by atoms with E-state index >= 15 is 0 Å². The van der Waals surface area contributed by atoms with Crippen LogP contribution < -0.4 is 15.4 Å². The van der Waals surface area contributed by atoms with Crippen LogP contribution in [0.5, 0.6) is 0 Å². The van der Waals surface area contributed by atoms with E-state index < -0.39 is 15.8 Å². The number of aryl methyl sites for hydroxylation is 1. The van der Waals surface area contributed by atoms with E-state index in [0.717, 1.165) is 6.42 Å². The second kappa shape index (κ2) is 12.6. The summed E-state index contributed by atoms with van der Waals surface area (Å²) >= 11 is 0. The molecule has 0 bridgehead atoms. The number of benzene rings is 1. The smallest absolute Gasteiger partial charge is 0.234 e. The first-order valence-electron chi connectivity index (χ1n) is 10.1. The first-order chi connectivity index (χ1) is 13.7. The van der Waals surface area contributed by atoms with Crippen molar-refractivity contribution in [3.63, 3.8) is 0 Å². The number of nitrogens with one attached hydrogen (secondary N) is 3. The largest absolute Gasteiger partial charge is 0.396 e. The second-order valence-electron chi connectivity index (χ2n) is 7.54. The quantitative estimate of drug-likeness (QED) is 0.301. The molecule has 0 radical (unpaired) electrons. The van der Waals surface area contributed by atoms with E-state index in [0.29, 0.717) is 37.0 Å². The lowest BCUT2D eigenvalue weighted by molar-refractivity contribution is 0.245. The van der Waals surface area contributed by atoms with Crippen molar-refractivity contribution in [2.24, 2.45) is 16.8 Å². The lowest BCUT2D eigenvalue weighted by Crippen LogP contribution is -2.40. The molecule has 0 aromatic heterocycles. The van der Waals surface area contributed by atoms with Crippen molar-refractivity contribution in [1.82, 2.24) is 10.6 Å². The summed E-state index contributed by atoms with van der Waals surface area (Å²) in [6, 6.07) is 4.23. The number of guanidine groups is 1. The molecule has 0 fully saturated rings. The van der Waals surface area contributed by atoms with Crippen LogP contribution in [0, 0.1) is 24.6 Å². The minimum Gasteiger partial charge on any atom is -0.396 e. The summed E-state index contributed by atoms with van der Waals surface area (Å²) in [4.78, 5) is 4.53. The van der Waals surface area contributed by atoms with Gasteiger partial charge in [-0.1, -0.05) is 19.9 Å². The summed E-state index contributed by atoms with van der Waals surface area (Å²) in [5, 5.41) is 15.3. The van der Waals surface area contributed by atoms with Gasteiger partial charge in [0.2, 0.25) is 10.0 Å². The van der Waals surface area contributed by atoms with Gasteiger partial charge in [0, 0.05) is 26.2 Å². The molecule has 7 nitrogen and oxygen atoms in total. The molecule has 1 rings (SSSR count). The monoisotopic (exact) mass is 430 g/mol. The number of aliphatic hydroxyl groups excluding tert-OH is 1. The van der Waals surface area contributed by atoms with Crippen molar-refractivity contribution in [3.8, 4) is 0 Å². The number of anilines is 1. The van der Waals surface area contributed by atoms with Gasteiger partial charge in [-0.05, 0) is 56.2 Å². The molecule has 1 aromatic rings. The van der Waals surface area contributed by atoms with Gasteiger partial charge in [0.25, 0.3) is 0 Å². The Morgan fingerprint density at radius 3 is 2.59 bits per heavy atom. The van der Waals surface area contributed by atoms with Crippen molar-refractivity contribution in [2.45, 2.75) is 40.5 Å². The van der Waals surface area contributed by atoms with Gasteiger partial charge < -0.3 is 15.7 Å². The Morgan fingerprint density at radius 2 is 2.00 bits per heavy atom. The molecule has 0 aliphatic heterocycles. The third kappa shape index (κ3) is 10.5. The van der Waals surface area contributed by atoms with E-state index in [-0.39, 0.29) is 30.5 Å². The molecular formula is C20H35FN4O3S. The van der Waals surface area contributed by atoms with Crippen LogP contribution in [-0.2, 0) is 10.0 Å². The van der Waals surface area contributed by atoms with Crippen molar-refractivity contribution in [1.29, 1.82) is 0 Å². The van der Waals surface area contributed by atoms with Gasteiger partial charge in [-0.2, -0.15) is 0 Å². The van der Waals surface area contributed by atoms with Crippen molar-refractivity contribution >= 4 is 21.7 Å². The standard InChI is InChI=1S/C20H35FN4O3S/c1-5-22-20(24-14-17(8-10-26)12-15(2)3)23-9-11-29(27,28)25-18-7-6-16(4)19(21)13-18/h6-7,13,15,17,25-26H,5,8-12,14H2,1-4H3,(H2,22,23,24). The summed E-state index contributed by atoms with van der Waals surface area (Å²) in [6.45, 7) is 9.30. The third-order valence-corrected chi connectivity index (χ3v) is 5.59. The van der Waals surface area contributed by atoms with E-state index in [4.69, 9.17) is 0 Å². The number of hydrogen-bond donors (Lipinski definition) is 4. The molecule has 0 saturated heterocycles. The maximum atomic E-state index is 13.6. The number of aliphatic imine (C=N–C) groups is 1. The van der Waals surface area contributed by atoms with E-state index in [2.05, 4.69) is 34.2 Å². The Labute approximate surface area is 174 Å². The van der Waals surface area contributed by atoms with Crippen molar-refractivity contribution < 1.29 is 17.9 Å². The summed E-state index contributed by atoms with van der Waals surface area (Å²) in [7, 11) is -3.63. The fourth-order valence-electron chi connectivity index (χ4n) is 2.89. The molecule has 0 amide bonds. The number of hydrogen-bond acceptors (Lipinski definition) is 4. The fraction of sp³-hybridized carbons (Fsp3) is 0.650. The minimum atomic E-state index is -3.63. The van der Waals surface area contributed by atoms with Crippen LogP contribution in [0.15, 0.2) is 23.2 Å². The van der Waals surface area contributed by atoms with Gasteiger partial charge in [0.15, 0.2) is 5.96 Å². The van der Waals surface area contributed by atoms with E-state index in [1.807, 2.05) is 6.92 Å². The maximum Gasteiger partial charge on any atom is 0.234 e. The summed E-state index contributed by atoms with van der Waals surface area (Å²) in [5.74, 6) is 0.691. The van der Waals surface area contributed by atoms with Gasteiger partial charge in [-0.15, -0.1) is 0 Å². The van der Waals surface area contributed by atoms with E-state index in [1.165, 1.54) is 18.2 Å². The number of aliphatic hydroxyl groups is 1. The van der Waals surface area contributed by atoms with Gasteiger partial charge >= 0.3 is 0 Å². The molecule has 0 aliphatic carbocycles. The molecule has 0 spiro atoms. The molecule has 1 aromatic carbocycles. The molecular weight excluding hydrogens is 395 g/mol. The Hall–Kier alpha value is -1.87. The summed E-state index contributed by atoms with van der Waals surface area (Å²) in [5.41, 5.74) is 0.660. The van der Waals surface area contributed by atoms with E-state index in [1.54, 1.807) is 6.92 Å². The minimum absolute atomic E-state index is 0.125. The zero-order valence-electron chi connectivity index (χ0n) is 17.8. The highest BCUT2D eigenvalue weighted by atomic mass is 32.2. The number of halogens is 1. The zero-order valence-corrected chi connectivity index (χ0v) is 18.7. The molecule has 0 aliphatic rings. The fourth-order valence-corrected chi connectivity index (χ4v) is 3.84. The molecule has 9 heteroatoms. The summed E-state index contributed by atoms with van der Waals surface area (Å²) < 4.78 is 40.5. The Balaban J connectivity index is 2.62. The second-order valence-corrected chi connectivity index (χ2v) is 9.38. The summed E-state index contributed by atoms with van der Waals surface area (Å²) in [6.07, 6.45) is 1.65. The molecule has 1 unspecified atom stereocenters. The third-order valence-electron chi connectivity index (χ3n) is 4.30. The van der Waals surface area contributed by atoms with Gasteiger partial charge in [0.05, 0.1) is 11.4 Å². The van der Waals surface area contributed by atoms with Crippen LogP contribution in [0.2, 0.25) is 0 Å². The van der Waals surface area contributed by atoms with Gasteiger partial charge in [-0.3, -0.25) is 9.71 Å². The highest BCUT2D eigenvalue weighted by Crippen LogP contribution is 2.16. The number of nitrogens with zero attached hydrogens (tertiary/aromatic N) is 1. The predicted molar refractivity (Wildman–Crippen MR) is 117 cm³/mol. The lowest BCUT2D eigenvalue weighted by Gasteiger charge is -2.17. The first kappa shape index (κ1) is 25.2. The Bertz CT molecular complexity index is 754. The van der Waals surface area contributed by atoms with Crippen LogP contribution in [0.3, 0.4) is 0 Å². The molecule has 0 saturated carbocycles. The Kier molecular flexibility index (Phi) is 11.0. The normalized spacial score (nSPS) is 13.4. The Morgan fingerprint density at radius 1 is 1.28 bits per heavy atom. The maximum absolute atomic E-state index is 13.6. The first-order valence-corrected chi connectivity index (χ1v) is 11.7. The highest BCUT2D eigenvalue weighted by molar-refractivity contribution is 7.92. The topological polar surface area (TPSA) is 103 Å². The SMILES string of the molecule is CCNC(=NCC(CCO)CC(C)C)NCCS(=O)(=O)Nc1ccc(C)c(F)c1. The molecule has 29 heavy (non-hydrogen) atoms. The van der Waals surface area contributed by atoms with Crippen molar-refractivity contribution in [2.75, 3.05) is 36.7 Å². The highest BCUT2D eigenvalue weighted by Gasteiger charge is 2.13. The average Bonchev–Trinajstić information content (AvgIpc) is 2.62. The number of sulfonamides is 1. The van der Waals surface area contributed by atoms with E-state index in [9.17, 15) is 17.9 Å². The molecule has 0 heterocycles. The zero-order chi connectivity index (χ0) is 21.9. The van der Waals surface area contributed by atoms with Crippen LogP contribution in [0.1, 0.15) is 39.2 Å². The van der Waals surface area contributed by atoms with Crippen LogP contribution in [0.25, 0.3) is 0 Å².